The van der Waals surface area contributed by atoms with E-state index in [0.29, 0.717) is 35.8 Å². The Morgan fingerprint density at radius 3 is 2.10 bits per heavy atom. The molecule has 14 nitrogen and oxygen atoms in total. The molecule has 0 aliphatic carbocycles. The van der Waals surface area contributed by atoms with E-state index in [0.717, 1.165) is 11.9 Å². The minimum Gasteiger partial charge on any atom is -0.506 e. The molecule has 3 rings (SSSR count). The van der Waals surface area contributed by atoms with E-state index in [9.17, 15) is 36.6 Å². The molecule has 40 heavy (non-hydrogen) atoms. The Kier molecular flexibility index (Phi) is 9.96. The zero-order valence-electron chi connectivity index (χ0n) is 21.6. The minimum absolute atomic E-state index is 0.0253. The number of piperidine rings is 1. The first-order valence-corrected chi connectivity index (χ1v) is 15.5. The van der Waals surface area contributed by atoms with Crippen molar-refractivity contribution in [3.8, 4) is 5.75 Å². The monoisotopic (exact) mass is 600 g/mol. The van der Waals surface area contributed by atoms with Gasteiger partial charge in [0.05, 0.1) is 22.9 Å². The maximum atomic E-state index is 12.8. The first kappa shape index (κ1) is 31.1. The van der Waals surface area contributed by atoms with Crippen LogP contribution in [0.1, 0.15) is 24.5 Å². The second kappa shape index (κ2) is 12.8. The van der Waals surface area contributed by atoms with Gasteiger partial charge in [0.1, 0.15) is 18.8 Å². The van der Waals surface area contributed by atoms with Crippen molar-refractivity contribution in [2.75, 3.05) is 48.6 Å². The Hall–Kier alpha value is -3.44. The summed E-state index contributed by atoms with van der Waals surface area (Å²) in [5, 5.41) is 41.7. The van der Waals surface area contributed by atoms with Crippen LogP contribution in [-0.2, 0) is 29.6 Å². The first-order chi connectivity index (χ1) is 18.7. The van der Waals surface area contributed by atoms with Gasteiger partial charge < -0.3 is 30.6 Å². The van der Waals surface area contributed by atoms with Crippen LogP contribution in [-0.4, -0.2) is 98.5 Å². The van der Waals surface area contributed by atoms with Crippen LogP contribution < -0.4 is 14.9 Å². The van der Waals surface area contributed by atoms with Gasteiger partial charge in [0.15, 0.2) is 0 Å². The molecule has 1 fully saturated rings. The third kappa shape index (κ3) is 8.53. The number of rotatable bonds is 13. The Bertz CT molecular complexity index is 1410. The third-order valence-electron chi connectivity index (χ3n) is 6.26. The molecule has 0 radical (unpaired) electrons. The number of anilines is 2. The highest BCUT2D eigenvalue weighted by Gasteiger charge is 2.29. The highest BCUT2D eigenvalue weighted by Crippen LogP contribution is 2.28. The van der Waals surface area contributed by atoms with Crippen LogP contribution in [0, 0.1) is 0 Å². The normalized spacial score (nSPS) is 15.6. The standard InChI is InChI=1S/C24H32N4O10S2/c1-39(35,36)26-20-12-16(2-7-21(20)29)22(30)13-25-17-8-10-27(11-9-17)18-3-5-19(6-4-18)40(37,38)28(14-23(31)32)15-24(33)34/h2-7,12,17,22,25-26,29-30H,8-11,13-15H2,1H3,(H,31,32)(H,33,34)/t22-/m0/s1. The van der Waals surface area contributed by atoms with Gasteiger partial charge in [0.2, 0.25) is 20.0 Å². The van der Waals surface area contributed by atoms with Crippen molar-refractivity contribution in [1.29, 1.82) is 0 Å². The van der Waals surface area contributed by atoms with Crippen LogP contribution in [0.15, 0.2) is 47.4 Å². The summed E-state index contributed by atoms with van der Waals surface area (Å²) in [6.07, 6.45) is 1.44. The van der Waals surface area contributed by atoms with Gasteiger partial charge in [-0.2, -0.15) is 4.31 Å². The minimum atomic E-state index is -4.33. The summed E-state index contributed by atoms with van der Waals surface area (Å²) in [7, 11) is -7.94. The van der Waals surface area contributed by atoms with Crippen molar-refractivity contribution in [2.45, 2.75) is 29.9 Å². The Labute approximate surface area is 232 Å². The lowest BCUT2D eigenvalue weighted by Gasteiger charge is -2.34. The summed E-state index contributed by atoms with van der Waals surface area (Å²) in [6.45, 7) is -0.491. The Morgan fingerprint density at radius 2 is 1.57 bits per heavy atom. The maximum absolute atomic E-state index is 12.8. The van der Waals surface area contributed by atoms with Crippen molar-refractivity contribution in [1.82, 2.24) is 9.62 Å². The van der Waals surface area contributed by atoms with Crippen molar-refractivity contribution in [3.63, 3.8) is 0 Å². The number of aliphatic hydroxyl groups is 1. The number of carboxylic acid groups (broad SMARTS) is 2. The highest BCUT2D eigenvalue weighted by atomic mass is 32.2. The van der Waals surface area contributed by atoms with E-state index in [1.54, 1.807) is 12.1 Å². The molecule has 1 aliphatic heterocycles. The predicted octanol–water partition coefficient (Wildman–Crippen LogP) is 0.216. The van der Waals surface area contributed by atoms with Crippen LogP contribution in [0.4, 0.5) is 11.4 Å². The van der Waals surface area contributed by atoms with Crippen molar-refractivity contribution in [3.05, 3.63) is 48.0 Å². The van der Waals surface area contributed by atoms with E-state index >= 15 is 0 Å². The summed E-state index contributed by atoms with van der Waals surface area (Å²) in [5.41, 5.74) is 1.15. The number of sulfonamides is 2. The molecule has 1 saturated heterocycles. The van der Waals surface area contributed by atoms with E-state index in [-0.39, 0.29) is 28.9 Å². The van der Waals surface area contributed by atoms with E-state index in [2.05, 4.69) is 10.0 Å². The number of nitrogens with zero attached hydrogens (tertiary/aromatic N) is 2. The quantitative estimate of drug-likeness (QED) is 0.170. The first-order valence-electron chi connectivity index (χ1n) is 12.2. The molecule has 16 heteroatoms. The van der Waals surface area contributed by atoms with Gasteiger partial charge in [0.25, 0.3) is 0 Å². The average molecular weight is 601 g/mol. The summed E-state index contributed by atoms with van der Waals surface area (Å²) in [6, 6.07) is 10.0. The van der Waals surface area contributed by atoms with Gasteiger partial charge in [0, 0.05) is 31.4 Å². The number of benzene rings is 2. The van der Waals surface area contributed by atoms with Gasteiger partial charge in [-0.3, -0.25) is 14.3 Å². The molecule has 1 aliphatic rings. The number of aromatic hydroxyl groups is 1. The number of aliphatic hydroxyl groups excluding tert-OH is 1. The van der Waals surface area contributed by atoms with E-state index in [1.807, 2.05) is 4.90 Å². The number of phenols is 1. The van der Waals surface area contributed by atoms with Crippen LogP contribution in [0.3, 0.4) is 0 Å². The number of hydrogen-bond acceptors (Lipinski definition) is 10. The molecule has 0 spiro atoms. The second-order valence-corrected chi connectivity index (χ2v) is 13.1. The molecule has 1 atom stereocenters. The maximum Gasteiger partial charge on any atom is 0.318 e. The average Bonchev–Trinajstić information content (AvgIpc) is 2.87. The Morgan fingerprint density at radius 1 is 1.00 bits per heavy atom. The molecule has 0 aromatic heterocycles. The number of carbonyl (C=O) groups is 2. The fourth-order valence-electron chi connectivity index (χ4n) is 4.29. The molecule has 2 aromatic carbocycles. The topological polar surface area (TPSA) is 214 Å². The van der Waals surface area contributed by atoms with E-state index in [1.165, 1.54) is 30.3 Å². The summed E-state index contributed by atoms with van der Waals surface area (Å²) < 4.78 is 51.1. The predicted molar refractivity (Wildman–Crippen MR) is 145 cm³/mol. The summed E-state index contributed by atoms with van der Waals surface area (Å²) in [4.78, 5) is 23.9. The lowest BCUT2D eigenvalue weighted by Crippen LogP contribution is -2.43. The SMILES string of the molecule is CS(=O)(=O)Nc1cc([C@@H](O)CNC2CCN(c3ccc(S(=O)(=O)N(CC(=O)O)CC(=O)O)cc3)CC2)ccc1O. The molecular formula is C24H32N4O10S2. The molecule has 0 bridgehead atoms. The number of carboxylic acids is 2. The van der Waals surface area contributed by atoms with Crippen molar-refractivity contribution >= 4 is 43.4 Å². The number of nitrogens with one attached hydrogen (secondary N) is 2. The van der Waals surface area contributed by atoms with Gasteiger partial charge in [-0.05, 0) is 54.8 Å². The number of phenolic OH excluding ortho intramolecular Hbond substituents is 1. The van der Waals surface area contributed by atoms with Crippen LogP contribution >= 0.6 is 0 Å². The van der Waals surface area contributed by atoms with E-state index < -0.39 is 51.2 Å². The zero-order chi connectivity index (χ0) is 29.7. The second-order valence-electron chi connectivity index (χ2n) is 9.39. The molecular weight excluding hydrogens is 568 g/mol. The van der Waals surface area contributed by atoms with Crippen molar-refractivity contribution in [2.24, 2.45) is 0 Å². The highest BCUT2D eigenvalue weighted by molar-refractivity contribution is 7.92. The molecule has 0 amide bonds. The zero-order valence-corrected chi connectivity index (χ0v) is 23.2. The largest absolute Gasteiger partial charge is 0.506 e. The smallest absolute Gasteiger partial charge is 0.318 e. The van der Waals surface area contributed by atoms with Crippen LogP contribution in [0.25, 0.3) is 0 Å². The summed E-state index contributed by atoms with van der Waals surface area (Å²) in [5.74, 6) is -3.20. The number of hydrogen-bond donors (Lipinski definition) is 6. The fraction of sp³-hybridized carbons (Fsp3) is 0.417. The van der Waals surface area contributed by atoms with Crippen molar-refractivity contribution < 1.29 is 46.9 Å². The van der Waals surface area contributed by atoms with Gasteiger partial charge in [-0.25, -0.2) is 16.8 Å². The molecule has 6 N–H and O–H groups in total. The lowest BCUT2D eigenvalue weighted by atomic mass is 10.0. The molecule has 220 valence electrons. The summed E-state index contributed by atoms with van der Waals surface area (Å²) >= 11 is 0. The van der Waals surface area contributed by atoms with Gasteiger partial charge >= 0.3 is 11.9 Å². The lowest BCUT2D eigenvalue weighted by molar-refractivity contribution is -0.139. The van der Waals surface area contributed by atoms with E-state index in [4.69, 9.17) is 10.2 Å². The molecule has 0 saturated carbocycles. The van der Waals surface area contributed by atoms with Crippen LogP contribution in [0.2, 0.25) is 0 Å². The Balaban J connectivity index is 1.56. The molecule has 1 heterocycles. The molecule has 0 unspecified atom stereocenters. The third-order valence-corrected chi connectivity index (χ3v) is 8.66. The fourth-order valence-corrected chi connectivity index (χ4v) is 6.19. The van der Waals surface area contributed by atoms with Crippen LogP contribution in [0.5, 0.6) is 5.75 Å². The molecule has 2 aromatic rings. The van der Waals surface area contributed by atoms with Gasteiger partial charge in [-0.1, -0.05) is 6.07 Å². The van der Waals surface area contributed by atoms with Gasteiger partial charge in [-0.15, -0.1) is 0 Å². The number of aliphatic carboxylic acids is 2.